The Kier molecular flexibility index (Phi) is 4.27. The van der Waals surface area contributed by atoms with Crippen LogP contribution in [-0.4, -0.2) is 23.9 Å². The molecule has 0 amide bonds. The maximum atomic E-state index is 14.3. The van der Waals surface area contributed by atoms with E-state index in [0.717, 1.165) is 0 Å². The zero-order valence-electron chi connectivity index (χ0n) is 14.4. The Bertz CT molecular complexity index is 1040. The highest BCUT2D eigenvalue weighted by Crippen LogP contribution is 2.40. The van der Waals surface area contributed by atoms with Gasteiger partial charge in [0.05, 0.1) is 17.2 Å². The van der Waals surface area contributed by atoms with Gasteiger partial charge in [-0.05, 0) is 24.6 Å². The van der Waals surface area contributed by atoms with Crippen LogP contribution in [0.2, 0.25) is 0 Å². The number of carboxylic acid groups (broad SMARTS) is 1. The maximum absolute atomic E-state index is 14.3. The highest BCUT2D eigenvalue weighted by molar-refractivity contribution is 5.91. The minimum absolute atomic E-state index is 0.0820. The molecule has 2 heterocycles. The van der Waals surface area contributed by atoms with Crippen LogP contribution in [0.15, 0.2) is 42.5 Å². The first-order valence-corrected chi connectivity index (χ1v) is 8.43. The molecule has 0 radical (unpaired) electrons. The molecule has 6 nitrogen and oxygen atoms in total. The van der Waals surface area contributed by atoms with Crippen LogP contribution in [0.4, 0.5) is 4.39 Å². The summed E-state index contributed by atoms with van der Waals surface area (Å²) in [5.74, 6) is -0.487. The van der Waals surface area contributed by atoms with Crippen molar-refractivity contribution in [2.45, 2.75) is 19.4 Å². The summed E-state index contributed by atoms with van der Waals surface area (Å²) in [5.41, 5.74) is 1.08. The van der Waals surface area contributed by atoms with Gasteiger partial charge in [0.15, 0.2) is 11.5 Å². The van der Waals surface area contributed by atoms with Gasteiger partial charge in [0.1, 0.15) is 17.7 Å². The van der Waals surface area contributed by atoms with Crippen molar-refractivity contribution < 1.29 is 28.5 Å². The number of nitrogens with zero attached hydrogens (tertiary/aromatic N) is 1. The second-order valence-corrected chi connectivity index (χ2v) is 6.04. The number of aliphatic carboxylic acids is 1. The predicted molar refractivity (Wildman–Crippen MR) is 93.0 cm³/mol. The molecule has 1 aliphatic heterocycles. The van der Waals surface area contributed by atoms with E-state index in [0.29, 0.717) is 28.1 Å². The summed E-state index contributed by atoms with van der Waals surface area (Å²) >= 11 is 0. The van der Waals surface area contributed by atoms with Gasteiger partial charge in [0, 0.05) is 23.1 Å². The predicted octanol–water partition coefficient (Wildman–Crippen LogP) is 2.68. The van der Waals surface area contributed by atoms with Gasteiger partial charge in [0.25, 0.3) is 0 Å². The minimum Gasteiger partial charge on any atom is -0.546 e. The monoisotopic (exact) mass is 368 g/mol. The summed E-state index contributed by atoms with van der Waals surface area (Å²) in [6.07, 6.45) is -0.930. The number of pyridine rings is 1. The third kappa shape index (κ3) is 3.12. The molecule has 1 unspecified atom stereocenters. The lowest BCUT2D eigenvalue weighted by molar-refractivity contribution is -0.313. The van der Waals surface area contributed by atoms with Crippen molar-refractivity contribution in [1.29, 1.82) is 0 Å². The Hall–Kier alpha value is -3.35. The molecular weight excluding hydrogens is 353 g/mol. The average molecular weight is 368 g/mol. The van der Waals surface area contributed by atoms with Crippen LogP contribution in [0.5, 0.6) is 17.2 Å². The first-order valence-electron chi connectivity index (χ1n) is 8.43. The molecule has 1 aromatic heterocycles. The van der Waals surface area contributed by atoms with Gasteiger partial charge in [-0.2, -0.15) is 0 Å². The topological polar surface area (TPSA) is 80.7 Å². The fourth-order valence-electron chi connectivity index (χ4n) is 2.94. The van der Waals surface area contributed by atoms with E-state index in [1.807, 2.05) is 0 Å². The molecule has 0 N–H and O–H groups in total. The second-order valence-electron chi connectivity index (χ2n) is 6.04. The fourth-order valence-corrected chi connectivity index (χ4v) is 2.94. The van der Waals surface area contributed by atoms with E-state index in [9.17, 15) is 14.3 Å². The first-order chi connectivity index (χ1) is 13.1. The number of rotatable bonds is 5. The van der Waals surface area contributed by atoms with Crippen molar-refractivity contribution in [3.8, 4) is 28.5 Å². The lowest BCUT2D eigenvalue weighted by Gasteiger charge is -2.20. The van der Waals surface area contributed by atoms with Crippen LogP contribution >= 0.6 is 0 Å². The molecule has 2 aromatic carbocycles. The molecule has 1 atom stereocenters. The lowest BCUT2D eigenvalue weighted by Crippen LogP contribution is -2.39. The molecule has 3 aromatic rings. The quantitative estimate of drug-likeness (QED) is 0.689. The zero-order valence-corrected chi connectivity index (χ0v) is 14.4. The van der Waals surface area contributed by atoms with Crippen molar-refractivity contribution in [1.82, 2.24) is 4.98 Å². The van der Waals surface area contributed by atoms with Crippen LogP contribution in [-0.2, 0) is 4.79 Å². The number of benzene rings is 2. The van der Waals surface area contributed by atoms with Crippen LogP contribution in [0.3, 0.4) is 0 Å². The minimum atomic E-state index is -1.32. The normalized spacial score (nSPS) is 13.6. The number of fused-ring (bicyclic) bond motifs is 2. The molecule has 0 fully saturated rings. The van der Waals surface area contributed by atoms with Gasteiger partial charge in [-0.15, -0.1) is 0 Å². The van der Waals surface area contributed by atoms with Crippen molar-refractivity contribution >= 4 is 16.9 Å². The smallest absolute Gasteiger partial charge is 0.231 e. The Morgan fingerprint density at radius 2 is 2.00 bits per heavy atom. The number of hydrogen-bond acceptors (Lipinski definition) is 6. The van der Waals surface area contributed by atoms with E-state index in [2.05, 4.69) is 4.98 Å². The molecule has 0 saturated heterocycles. The van der Waals surface area contributed by atoms with Gasteiger partial charge in [-0.3, -0.25) is 0 Å². The summed E-state index contributed by atoms with van der Waals surface area (Å²) in [7, 11) is 0. The largest absolute Gasteiger partial charge is 0.546 e. The summed E-state index contributed by atoms with van der Waals surface area (Å²) in [5, 5.41) is 11.9. The van der Waals surface area contributed by atoms with Gasteiger partial charge < -0.3 is 24.1 Å². The Morgan fingerprint density at radius 1 is 1.26 bits per heavy atom. The SMILES string of the molecule is CCC(Oc1cc(-c2ccccc2F)nc2cc3c(cc12)OCO3)C(=O)[O-]. The third-order valence-corrected chi connectivity index (χ3v) is 4.32. The van der Waals surface area contributed by atoms with Crippen molar-refractivity contribution in [2.24, 2.45) is 0 Å². The van der Waals surface area contributed by atoms with E-state index in [4.69, 9.17) is 14.2 Å². The van der Waals surface area contributed by atoms with E-state index in [1.54, 1.807) is 37.3 Å². The van der Waals surface area contributed by atoms with Gasteiger partial charge in [0.2, 0.25) is 6.79 Å². The van der Waals surface area contributed by atoms with E-state index in [-0.39, 0.29) is 24.5 Å². The molecule has 7 heteroatoms. The lowest BCUT2D eigenvalue weighted by atomic mass is 10.1. The fraction of sp³-hybridized carbons (Fsp3) is 0.200. The number of hydrogen-bond donors (Lipinski definition) is 0. The van der Waals surface area contributed by atoms with Crippen LogP contribution in [0.25, 0.3) is 22.2 Å². The number of ether oxygens (including phenoxy) is 3. The van der Waals surface area contributed by atoms with E-state index >= 15 is 0 Å². The summed E-state index contributed by atoms with van der Waals surface area (Å²) in [6.45, 7) is 1.76. The van der Waals surface area contributed by atoms with Crippen LogP contribution in [0.1, 0.15) is 13.3 Å². The molecule has 138 valence electrons. The first kappa shape index (κ1) is 17.1. The molecule has 0 bridgehead atoms. The third-order valence-electron chi connectivity index (χ3n) is 4.32. The number of carboxylic acids is 1. The molecule has 4 rings (SSSR count). The Morgan fingerprint density at radius 3 is 2.70 bits per heavy atom. The molecule has 1 aliphatic rings. The summed E-state index contributed by atoms with van der Waals surface area (Å²) < 4.78 is 30.7. The van der Waals surface area contributed by atoms with Gasteiger partial charge >= 0.3 is 0 Å². The maximum Gasteiger partial charge on any atom is 0.231 e. The standard InChI is InChI=1S/C20H16FNO5/c1-2-16(20(23)24)27-17-8-14(11-5-3-4-6-13(11)21)22-15-9-19-18(7-12(15)17)25-10-26-19/h3-9,16H,2,10H2,1H3,(H,23,24)/p-1. The molecule has 27 heavy (non-hydrogen) atoms. The van der Waals surface area contributed by atoms with E-state index in [1.165, 1.54) is 12.1 Å². The number of carbonyl (C=O) groups excluding carboxylic acids is 1. The summed E-state index contributed by atoms with van der Waals surface area (Å²) in [4.78, 5) is 15.8. The van der Waals surface area contributed by atoms with Crippen molar-refractivity contribution in [3.05, 3.63) is 48.3 Å². The highest BCUT2D eigenvalue weighted by Gasteiger charge is 2.20. The Balaban J connectivity index is 1.92. The van der Waals surface area contributed by atoms with Crippen LogP contribution in [0, 0.1) is 5.82 Å². The summed E-state index contributed by atoms with van der Waals surface area (Å²) in [6, 6.07) is 11.1. The van der Waals surface area contributed by atoms with Crippen molar-refractivity contribution in [3.63, 3.8) is 0 Å². The second kappa shape index (κ2) is 6.75. The number of halogens is 1. The number of aromatic nitrogens is 1. The molecule has 0 aliphatic carbocycles. The van der Waals surface area contributed by atoms with Crippen molar-refractivity contribution in [2.75, 3.05) is 6.79 Å². The Labute approximate surface area is 154 Å². The van der Waals surface area contributed by atoms with E-state index < -0.39 is 17.9 Å². The molecule has 0 saturated carbocycles. The van der Waals surface area contributed by atoms with Gasteiger partial charge in [-0.1, -0.05) is 19.1 Å². The van der Waals surface area contributed by atoms with Crippen LogP contribution < -0.4 is 19.3 Å². The molecule has 0 spiro atoms. The molecular formula is C20H15FNO5-. The zero-order chi connectivity index (χ0) is 19.0. The number of carbonyl (C=O) groups is 1. The average Bonchev–Trinajstić information content (AvgIpc) is 3.11. The van der Waals surface area contributed by atoms with Gasteiger partial charge in [-0.25, -0.2) is 9.37 Å². The highest BCUT2D eigenvalue weighted by atomic mass is 19.1.